The molecule has 10 heteroatoms. The molecular weight excluding hydrogens is 1760 g/mol. The third-order valence-corrected chi connectivity index (χ3v) is 29.1. The van der Waals surface area contributed by atoms with E-state index in [1.165, 1.54) is 76.1 Å². The number of rotatable bonds is 9. The molecule has 0 spiro atoms. The minimum atomic E-state index is 0.574. The van der Waals surface area contributed by atoms with Crippen LogP contribution in [0.1, 0.15) is 0 Å². The second kappa shape index (κ2) is 33.2. The predicted octanol–water partition coefficient (Wildman–Crippen LogP) is 36.2. The monoisotopic (exact) mass is 1830 g/mol. The Bertz CT molecular complexity index is 10700. The number of hydrogen-bond acceptors (Lipinski definition) is 9. The maximum absolute atomic E-state index is 6.83. The van der Waals surface area contributed by atoms with Crippen LogP contribution in [-0.2, 0) is 0 Å². The molecule has 0 atom stereocenters. The first-order valence-electron chi connectivity index (χ1n) is 48.8. The smallest absolute Gasteiger partial charge is 0.238 e. The van der Waals surface area contributed by atoms with E-state index >= 15 is 0 Å². The largest absolute Gasteiger partial charge is 0.455 e. The summed E-state index contributed by atoms with van der Waals surface area (Å²) in [4.78, 5) is 30.7. The fraction of sp³-hybridized carbons (Fsp3) is 0. The molecule has 0 fully saturated rings. The zero-order chi connectivity index (χ0) is 94.6. The van der Waals surface area contributed by atoms with Crippen molar-refractivity contribution in [3.05, 3.63) is 479 Å². The van der Waals surface area contributed by atoms with E-state index in [1.54, 1.807) is 0 Å². The molecule has 0 bridgehead atoms. The zero-order valence-corrected chi connectivity index (χ0v) is 77.5. The first kappa shape index (κ1) is 81.7. The highest BCUT2D eigenvalue weighted by Crippen LogP contribution is 2.51. The van der Waals surface area contributed by atoms with Gasteiger partial charge >= 0.3 is 0 Å². The Kier molecular flexibility index (Phi) is 18.8. The first-order chi connectivity index (χ1) is 71.4. The van der Waals surface area contributed by atoms with Gasteiger partial charge in [-0.2, -0.15) is 9.97 Å². The van der Waals surface area contributed by atoms with Crippen molar-refractivity contribution in [1.82, 2.24) is 34.5 Å². The molecule has 10 nitrogen and oxygen atoms in total. The summed E-state index contributed by atoms with van der Waals surface area (Å²) in [7, 11) is 0. The van der Waals surface area contributed by atoms with E-state index in [-0.39, 0.29) is 0 Å². The highest BCUT2D eigenvalue weighted by atomic mass is 16.3. The second-order valence-electron chi connectivity index (χ2n) is 37.1. The summed E-state index contributed by atoms with van der Waals surface area (Å²) < 4.78 is 22.5. The van der Waals surface area contributed by atoms with Crippen molar-refractivity contribution in [2.24, 2.45) is 0 Å². The highest BCUT2D eigenvalue weighted by molar-refractivity contribution is 6.32. The van der Waals surface area contributed by atoms with E-state index < -0.39 is 0 Å². The predicted molar refractivity (Wildman–Crippen MR) is 598 cm³/mol. The summed E-state index contributed by atoms with van der Waals surface area (Å²) in [6.07, 6.45) is 0. The van der Waals surface area contributed by atoms with E-state index in [0.29, 0.717) is 17.6 Å². The number of hydrogen-bond donors (Lipinski definition) is 0. The number of nitrogens with zero attached hydrogens (tertiary/aromatic N) is 7. The van der Waals surface area contributed by atoms with Gasteiger partial charge in [0.15, 0.2) is 11.6 Å². The molecule has 0 saturated heterocycles. The van der Waals surface area contributed by atoms with E-state index in [4.69, 9.17) is 43.2 Å². The molecule has 0 aliphatic rings. The zero-order valence-electron chi connectivity index (χ0n) is 77.5. The van der Waals surface area contributed by atoms with Crippen molar-refractivity contribution in [2.75, 3.05) is 0 Å². The molecular formula is C134H79N7O3. The molecule has 0 radical (unpaired) electrons. The summed E-state index contributed by atoms with van der Waals surface area (Å²) in [6.45, 7) is 0. The van der Waals surface area contributed by atoms with Crippen LogP contribution in [-0.4, -0.2) is 34.5 Å². The van der Waals surface area contributed by atoms with Crippen LogP contribution in [0.25, 0.3) is 302 Å². The van der Waals surface area contributed by atoms with Crippen LogP contribution < -0.4 is 0 Å². The fourth-order valence-corrected chi connectivity index (χ4v) is 22.6. The van der Waals surface area contributed by atoms with Gasteiger partial charge in [0.05, 0.1) is 44.7 Å². The van der Waals surface area contributed by atoms with Crippen molar-refractivity contribution in [3.8, 4) is 95.9 Å². The molecule has 0 N–H and O–H groups in total. The van der Waals surface area contributed by atoms with Gasteiger partial charge in [0.2, 0.25) is 5.95 Å². The van der Waals surface area contributed by atoms with Crippen LogP contribution in [0.5, 0.6) is 0 Å². The van der Waals surface area contributed by atoms with Crippen molar-refractivity contribution < 1.29 is 13.3 Å². The third kappa shape index (κ3) is 13.2. The van der Waals surface area contributed by atoms with E-state index in [0.717, 1.165) is 209 Å². The highest BCUT2D eigenvalue weighted by Gasteiger charge is 2.27. The van der Waals surface area contributed by atoms with Crippen LogP contribution in [0, 0.1) is 0 Å². The Morgan fingerprint density at radius 3 is 0.882 bits per heavy atom. The van der Waals surface area contributed by atoms with Crippen molar-refractivity contribution in [3.63, 3.8) is 0 Å². The lowest BCUT2D eigenvalue weighted by Gasteiger charge is -2.12. The molecule has 31 rings (SSSR count). The maximum Gasteiger partial charge on any atom is 0.238 e. The number of aromatic nitrogens is 7. The van der Waals surface area contributed by atoms with Crippen LogP contribution in [0.4, 0.5) is 0 Å². The molecule has 8 heterocycles. The number of benzene rings is 23. The summed E-state index contributed by atoms with van der Waals surface area (Å²) in [5, 5.41) is 31.5. The molecule has 0 aliphatic carbocycles. The molecule has 31 aromatic rings. The Morgan fingerprint density at radius 2 is 0.451 bits per heavy atom. The topological polar surface area (TPSA) is 122 Å². The molecule has 144 heavy (non-hydrogen) atoms. The van der Waals surface area contributed by atoms with E-state index in [9.17, 15) is 0 Å². The van der Waals surface area contributed by atoms with Gasteiger partial charge in [0, 0.05) is 119 Å². The van der Waals surface area contributed by atoms with Gasteiger partial charge in [-0.15, -0.1) is 0 Å². The number of pyridine rings is 3. The van der Waals surface area contributed by atoms with Gasteiger partial charge in [0.25, 0.3) is 0 Å². The van der Waals surface area contributed by atoms with Crippen LogP contribution >= 0.6 is 0 Å². The second-order valence-corrected chi connectivity index (χ2v) is 37.1. The molecule has 668 valence electrons. The molecule has 0 amide bonds. The molecule has 23 aromatic carbocycles. The summed E-state index contributed by atoms with van der Waals surface area (Å²) in [5.74, 6) is 1.79. The van der Waals surface area contributed by atoms with Gasteiger partial charge in [-0.25, -0.2) is 19.9 Å². The number of para-hydroxylation sites is 5. The maximum atomic E-state index is 6.83. The molecule has 0 unspecified atom stereocenters. The fourth-order valence-electron chi connectivity index (χ4n) is 22.6. The quantitative estimate of drug-likeness (QED) is 0.130. The van der Waals surface area contributed by atoms with Gasteiger partial charge in [-0.1, -0.05) is 400 Å². The lowest BCUT2D eigenvalue weighted by Crippen LogP contribution is -2.06. The Hall–Kier alpha value is -19.4. The van der Waals surface area contributed by atoms with E-state index in [1.807, 2.05) is 54.6 Å². The Morgan fingerprint density at radius 1 is 0.160 bits per heavy atom. The van der Waals surface area contributed by atoms with E-state index in [2.05, 4.69) is 429 Å². The minimum absolute atomic E-state index is 0.574. The third-order valence-electron chi connectivity index (χ3n) is 29.1. The molecule has 0 aliphatic heterocycles. The van der Waals surface area contributed by atoms with Crippen molar-refractivity contribution in [2.45, 2.75) is 0 Å². The van der Waals surface area contributed by atoms with Crippen molar-refractivity contribution in [1.29, 1.82) is 0 Å². The summed E-state index contributed by atoms with van der Waals surface area (Å²) in [6, 6.07) is 169. The minimum Gasteiger partial charge on any atom is -0.455 e. The lowest BCUT2D eigenvalue weighted by molar-refractivity contribution is 0.672. The molecule has 8 aromatic heterocycles. The normalized spacial score (nSPS) is 11.9. The van der Waals surface area contributed by atoms with Crippen LogP contribution in [0.2, 0.25) is 0 Å². The first-order valence-corrected chi connectivity index (χ1v) is 48.8. The van der Waals surface area contributed by atoms with Crippen molar-refractivity contribution >= 4 is 207 Å². The average molecular weight is 1840 g/mol. The summed E-state index contributed by atoms with van der Waals surface area (Å²) >= 11 is 0. The lowest BCUT2D eigenvalue weighted by atomic mass is 9.91. The van der Waals surface area contributed by atoms with Crippen LogP contribution in [0.3, 0.4) is 0 Å². The van der Waals surface area contributed by atoms with Gasteiger partial charge in [0.1, 0.15) is 33.5 Å². The van der Waals surface area contributed by atoms with Gasteiger partial charge < -0.3 is 13.3 Å². The summed E-state index contributed by atoms with van der Waals surface area (Å²) in [5.41, 5.74) is 25.1. The Labute approximate surface area is 823 Å². The standard InChI is InChI=1S/C52H31N5O.C43H25NO.C39H23NO/c1-3-14-33(15-4-1)48-40-30-31-41-46-36(21-13-25-45(46)58-49(41)47(40)39-20-7-10-22-42(39)53-48)32-26-28-35(29-27-32)51-54-50(34-16-5-2-6-17-34)55-52(56-51)57-43-23-11-8-18-37(43)38-19-9-12-24-44(38)57;1-2-11-26(12-3-1)42-35-23-24-36-40-28(18-10-20-39(40)45-43(36)41(35)34-17-8-9-19-38(34)44-42)27-21-22-33-31-15-5-4-13-29(31)30-14-6-7-16-32(30)37(33)25-27;1-2-10-26(11-3-1)38-31-21-22-32-36-29(27-20-19-25-18-17-24-9-4-5-12-28(24)33(25)23-27)14-8-16-35(36)41-39(32)37(31)30-13-6-7-15-34(30)40-38/h1-31H;1-25H;1-23H. The van der Waals surface area contributed by atoms with Gasteiger partial charge in [-0.05, 0) is 166 Å². The number of fused-ring (bicyclic) bond motifs is 33. The molecule has 0 saturated carbocycles. The SMILES string of the molecule is c1ccc(-c2nc(-c3ccc(-c4cccc5oc6c(ccc7c(-c8ccccc8)nc8ccccc8c76)c45)cc3)nc(-n3c4ccccc4c4ccccc43)n2)cc1.c1ccc(-c2nc3ccccc3c3c2ccc2c3oc3cccc(-c4ccc5c6ccccc6c6ccccc6c5c4)c32)cc1.c1ccc(-c2nc3ccccc3c3c2ccc2c3oc3cccc(-c4ccc5ccc6ccccc6c5c4)c32)cc1. The van der Waals surface area contributed by atoms with Gasteiger partial charge in [-0.3, -0.25) is 4.57 Å². The average Bonchev–Trinajstić information content (AvgIpc) is 1.71. The number of furan rings is 3. The Balaban J connectivity index is 0.000000105. The van der Waals surface area contributed by atoms with Crippen LogP contribution in [0.15, 0.2) is 492 Å².